The number of hydrogen-bond donors (Lipinski definition) is 0. The first-order chi connectivity index (χ1) is 12.1. The molecule has 0 radical (unpaired) electrons. The second-order valence-corrected chi connectivity index (χ2v) is 7.38. The molecule has 3 heterocycles. The molecule has 1 aliphatic carbocycles. The molecule has 1 aliphatic rings. The lowest BCUT2D eigenvalue weighted by Gasteiger charge is -2.11. The quantitative estimate of drug-likeness (QED) is 0.404. The van der Waals surface area contributed by atoms with Crippen molar-refractivity contribution in [3.05, 3.63) is 63.4 Å². The molecule has 0 fully saturated rings. The average molecular weight is 350 g/mol. The molecular formula is C18H14N4O2S. The van der Waals surface area contributed by atoms with Gasteiger partial charge in [-0.25, -0.2) is 4.98 Å². The lowest BCUT2D eigenvalue weighted by atomic mass is 9.98. The number of aryl methyl sites for hydroxylation is 3. The summed E-state index contributed by atoms with van der Waals surface area (Å²) < 4.78 is 4.27. The summed E-state index contributed by atoms with van der Waals surface area (Å²) in [5.74, 6) is 0. The Balaban J connectivity index is 1.64. The second kappa shape index (κ2) is 5.03. The summed E-state index contributed by atoms with van der Waals surface area (Å²) in [5, 5.41) is 10.8. The summed E-state index contributed by atoms with van der Waals surface area (Å²) >= 11 is 1.73. The van der Waals surface area contributed by atoms with Gasteiger partial charge in [0.15, 0.2) is 4.96 Å². The molecule has 0 spiro atoms. The van der Waals surface area contributed by atoms with E-state index < -0.39 is 0 Å². The molecule has 7 heteroatoms. The van der Waals surface area contributed by atoms with Crippen LogP contribution in [0.1, 0.15) is 10.4 Å². The summed E-state index contributed by atoms with van der Waals surface area (Å²) in [6.07, 6.45) is 8.52. The normalized spacial score (nSPS) is 13.0. The minimum Gasteiger partial charge on any atom is -0.356 e. The first-order valence-electron chi connectivity index (χ1n) is 8.01. The zero-order valence-electron chi connectivity index (χ0n) is 13.5. The number of thiazole rings is 1. The maximum Gasteiger partial charge on any atom is 0.269 e. The highest BCUT2D eigenvalue weighted by Crippen LogP contribution is 2.40. The number of hydrogen-bond acceptors (Lipinski definition) is 4. The predicted molar refractivity (Wildman–Crippen MR) is 97.0 cm³/mol. The van der Waals surface area contributed by atoms with Crippen LogP contribution in [0.5, 0.6) is 0 Å². The molecule has 0 bridgehead atoms. The van der Waals surface area contributed by atoms with Gasteiger partial charge in [0.2, 0.25) is 0 Å². The molecule has 0 aliphatic heterocycles. The number of imidazole rings is 1. The molecule has 0 saturated carbocycles. The van der Waals surface area contributed by atoms with E-state index in [1.807, 2.05) is 6.20 Å². The number of non-ortho nitro benzene ring substituents is 1. The zero-order chi connectivity index (χ0) is 17.1. The molecule has 124 valence electrons. The van der Waals surface area contributed by atoms with Crippen LogP contribution in [-0.2, 0) is 19.9 Å². The Hall–Kier alpha value is -2.93. The van der Waals surface area contributed by atoms with Crippen molar-refractivity contribution in [2.75, 3.05) is 0 Å². The lowest BCUT2D eigenvalue weighted by molar-refractivity contribution is -0.384. The second-order valence-electron chi connectivity index (χ2n) is 6.32. The van der Waals surface area contributed by atoms with Gasteiger partial charge in [-0.3, -0.25) is 14.5 Å². The maximum atomic E-state index is 10.8. The Labute approximate surface area is 147 Å². The van der Waals surface area contributed by atoms with Gasteiger partial charge in [-0.2, -0.15) is 0 Å². The van der Waals surface area contributed by atoms with Crippen LogP contribution < -0.4 is 0 Å². The van der Waals surface area contributed by atoms with Crippen molar-refractivity contribution in [2.45, 2.75) is 12.8 Å². The van der Waals surface area contributed by atoms with Crippen LogP contribution in [0.4, 0.5) is 5.69 Å². The van der Waals surface area contributed by atoms with Gasteiger partial charge in [-0.05, 0) is 30.5 Å². The zero-order valence-corrected chi connectivity index (χ0v) is 14.3. The third kappa shape index (κ3) is 2.12. The van der Waals surface area contributed by atoms with Crippen molar-refractivity contribution in [3.63, 3.8) is 0 Å². The van der Waals surface area contributed by atoms with Gasteiger partial charge in [0.05, 0.1) is 16.3 Å². The highest BCUT2D eigenvalue weighted by Gasteiger charge is 2.24. The van der Waals surface area contributed by atoms with Crippen molar-refractivity contribution in [1.82, 2.24) is 14.0 Å². The van der Waals surface area contributed by atoms with Gasteiger partial charge in [-0.1, -0.05) is 0 Å². The largest absolute Gasteiger partial charge is 0.356 e. The Kier molecular flexibility index (Phi) is 2.90. The molecule has 0 atom stereocenters. The van der Waals surface area contributed by atoms with E-state index in [1.165, 1.54) is 33.8 Å². The van der Waals surface area contributed by atoms with Gasteiger partial charge >= 0.3 is 0 Å². The Morgan fingerprint density at radius 1 is 1.16 bits per heavy atom. The first kappa shape index (κ1) is 14.4. The highest BCUT2D eigenvalue weighted by molar-refractivity contribution is 7.17. The summed E-state index contributed by atoms with van der Waals surface area (Å²) in [4.78, 5) is 17.5. The van der Waals surface area contributed by atoms with E-state index in [0.29, 0.717) is 0 Å². The monoisotopic (exact) mass is 350 g/mol. The van der Waals surface area contributed by atoms with E-state index in [0.717, 1.165) is 29.1 Å². The van der Waals surface area contributed by atoms with Crippen LogP contribution in [0.2, 0.25) is 0 Å². The molecule has 6 nitrogen and oxygen atoms in total. The number of nitro groups is 1. The molecule has 0 amide bonds. The Morgan fingerprint density at radius 3 is 2.72 bits per heavy atom. The SMILES string of the molecule is Cn1cc2c(c1)-c1c(sc3nc(-c4ccc([N+](=O)[O-])cc4)cn13)CC2. The molecule has 5 rings (SSSR count). The minimum absolute atomic E-state index is 0.0936. The molecule has 1 aromatic carbocycles. The van der Waals surface area contributed by atoms with E-state index >= 15 is 0 Å². The lowest BCUT2D eigenvalue weighted by Crippen LogP contribution is -2.00. The van der Waals surface area contributed by atoms with Crippen LogP contribution >= 0.6 is 11.3 Å². The van der Waals surface area contributed by atoms with E-state index in [1.54, 1.807) is 23.5 Å². The van der Waals surface area contributed by atoms with Crippen molar-refractivity contribution in [2.24, 2.45) is 7.05 Å². The minimum atomic E-state index is -0.386. The topological polar surface area (TPSA) is 65.4 Å². The fourth-order valence-electron chi connectivity index (χ4n) is 3.53. The van der Waals surface area contributed by atoms with Gasteiger partial charge in [0, 0.05) is 53.8 Å². The van der Waals surface area contributed by atoms with E-state index in [4.69, 9.17) is 4.98 Å². The van der Waals surface area contributed by atoms with Crippen molar-refractivity contribution in [3.8, 4) is 22.5 Å². The first-order valence-corrected chi connectivity index (χ1v) is 8.82. The molecule has 4 aromatic rings. The third-order valence-corrected chi connectivity index (χ3v) is 5.80. The molecule has 0 saturated heterocycles. The molecule has 0 unspecified atom stereocenters. The van der Waals surface area contributed by atoms with Crippen molar-refractivity contribution in [1.29, 1.82) is 0 Å². The summed E-state index contributed by atoms with van der Waals surface area (Å²) in [6, 6.07) is 6.55. The molecular weight excluding hydrogens is 336 g/mol. The van der Waals surface area contributed by atoms with Crippen LogP contribution in [0.25, 0.3) is 27.5 Å². The Bertz CT molecular complexity index is 1130. The molecule has 3 aromatic heterocycles. The molecule has 25 heavy (non-hydrogen) atoms. The van der Waals surface area contributed by atoms with Gasteiger partial charge in [-0.15, -0.1) is 11.3 Å². The highest BCUT2D eigenvalue weighted by atomic mass is 32.1. The smallest absolute Gasteiger partial charge is 0.269 e. The number of nitro benzene ring substituents is 1. The number of nitrogens with zero attached hydrogens (tertiary/aromatic N) is 4. The van der Waals surface area contributed by atoms with Gasteiger partial charge in [0.25, 0.3) is 5.69 Å². The van der Waals surface area contributed by atoms with Crippen LogP contribution in [0, 0.1) is 10.1 Å². The summed E-state index contributed by atoms with van der Waals surface area (Å²) in [6.45, 7) is 0. The van der Waals surface area contributed by atoms with E-state index in [9.17, 15) is 10.1 Å². The van der Waals surface area contributed by atoms with Crippen LogP contribution in [0.3, 0.4) is 0 Å². The van der Waals surface area contributed by atoms with Crippen LogP contribution in [0.15, 0.2) is 42.9 Å². The van der Waals surface area contributed by atoms with Gasteiger partial charge in [0.1, 0.15) is 0 Å². The van der Waals surface area contributed by atoms with E-state index in [2.05, 4.69) is 28.4 Å². The number of rotatable bonds is 2. The summed E-state index contributed by atoms with van der Waals surface area (Å²) in [7, 11) is 2.05. The number of fused-ring (bicyclic) bond motifs is 5. The van der Waals surface area contributed by atoms with Crippen LogP contribution in [-0.4, -0.2) is 18.9 Å². The Morgan fingerprint density at radius 2 is 1.96 bits per heavy atom. The average Bonchev–Trinajstić information content (AvgIpc) is 3.25. The fourth-order valence-corrected chi connectivity index (χ4v) is 4.65. The predicted octanol–water partition coefficient (Wildman–Crippen LogP) is 4.08. The van der Waals surface area contributed by atoms with Gasteiger partial charge < -0.3 is 4.57 Å². The standard InChI is InChI=1S/C18H14N4O2S/c1-20-8-12-4-7-16-17(14(12)9-20)21-10-15(19-18(21)25-16)11-2-5-13(6-3-11)22(23)24/h2-3,5-6,8-10H,4,7H2,1H3. The summed E-state index contributed by atoms with van der Waals surface area (Å²) in [5.41, 5.74) is 5.72. The maximum absolute atomic E-state index is 10.8. The third-order valence-electron chi connectivity index (χ3n) is 4.68. The van der Waals surface area contributed by atoms with Crippen molar-refractivity contribution < 1.29 is 4.92 Å². The number of aromatic nitrogens is 3. The van der Waals surface area contributed by atoms with Crippen molar-refractivity contribution >= 4 is 22.0 Å². The number of benzene rings is 1. The fraction of sp³-hybridized carbons (Fsp3) is 0.167. The molecule has 0 N–H and O–H groups in total. The van der Waals surface area contributed by atoms with E-state index in [-0.39, 0.29) is 10.6 Å².